The number of Topliss-reactive ketones (excluding diaryl/α,β-unsaturated/α-hetero) is 1. The normalized spacial score (nSPS) is 11.6. The monoisotopic (exact) mass is 461 g/mol. The lowest BCUT2D eigenvalue weighted by Crippen LogP contribution is -2.09. The van der Waals surface area contributed by atoms with Crippen molar-refractivity contribution in [1.29, 1.82) is 0 Å². The minimum absolute atomic E-state index is 0.0121. The number of hydrogen-bond donors (Lipinski definition) is 0. The van der Waals surface area contributed by atoms with Crippen molar-refractivity contribution in [1.82, 2.24) is 4.37 Å². The van der Waals surface area contributed by atoms with Gasteiger partial charge in [-0.25, -0.2) is 4.39 Å². The Morgan fingerprint density at radius 1 is 1.10 bits per heavy atom. The molecule has 10 heteroatoms. The third-order valence-electron chi connectivity index (χ3n) is 4.10. The second-order valence-electron chi connectivity index (χ2n) is 6.36. The van der Waals surface area contributed by atoms with Gasteiger partial charge in [-0.15, -0.1) is 0 Å². The first-order valence-electron chi connectivity index (χ1n) is 8.48. The fourth-order valence-electron chi connectivity index (χ4n) is 2.74. The molecule has 0 aliphatic heterocycles. The van der Waals surface area contributed by atoms with Crippen molar-refractivity contribution >= 4 is 28.9 Å². The Morgan fingerprint density at radius 2 is 1.77 bits per heavy atom. The van der Waals surface area contributed by atoms with Gasteiger partial charge < -0.3 is 4.74 Å². The van der Waals surface area contributed by atoms with E-state index in [0.29, 0.717) is 10.6 Å². The summed E-state index contributed by atoms with van der Waals surface area (Å²) in [6.45, 7) is 0.536. The molecule has 0 N–H and O–H groups in total. The van der Waals surface area contributed by atoms with E-state index >= 15 is 0 Å². The molecule has 0 saturated heterocycles. The molecule has 0 unspecified atom stereocenters. The van der Waals surface area contributed by atoms with Crippen LogP contribution in [0.25, 0.3) is 11.3 Å². The standard InChI is InChI=1S/C20H13ClF5NO2S/c1-10(28)8-12-4-7-15(17(23)16(12)22)29-9-14-18(11-2-5-13(21)6-3-11)27-30-19(14)20(24,25)26/h2-7H,8-9H2,1H3. The molecule has 3 aromatic rings. The molecule has 0 aliphatic carbocycles. The first-order chi connectivity index (χ1) is 14.1. The van der Waals surface area contributed by atoms with Crippen molar-refractivity contribution in [3.63, 3.8) is 0 Å². The predicted molar refractivity (Wildman–Crippen MR) is 103 cm³/mol. The number of aromatic nitrogens is 1. The second-order valence-corrected chi connectivity index (χ2v) is 7.57. The summed E-state index contributed by atoms with van der Waals surface area (Å²) >= 11 is 6.05. The molecule has 0 fully saturated rings. The number of hydrogen-bond acceptors (Lipinski definition) is 4. The number of nitrogens with zero attached hydrogens (tertiary/aromatic N) is 1. The summed E-state index contributed by atoms with van der Waals surface area (Å²) in [4.78, 5) is 10.1. The molecule has 0 spiro atoms. The van der Waals surface area contributed by atoms with Crippen molar-refractivity contribution < 1.29 is 31.5 Å². The van der Waals surface area contributed by atoms with Crippen molar-refractivity contribution in [3.05, 3.63) is 69.1 Å². The lowest BCUT2D eigenvalue weighted by Gasteiger charge is -2.12. The summed E-state index contributed by atoms with van der Waals surface area (Å²) in [6.07, 6.45) is -5.01. The van der Waals surface area contributed by atoms with Gasteiger partial charge in [-0.05, 0) is 42.2 Å². The van der Waals surface area contributed by atoms with Gasteiger partial charge in [0.05, 0.1) is 5.69 Å². The van der Waals surface area contributed by atoms with Crippen LogP contribution in [0.3, 0.4) is 0 Å². The molecule has 0 atom stereocenters. The average molecular weight is 462 g/mol. The molecule has 158 valence electrons. The van der Waals surface area contributed by atoms with Crippen LogP contribution in [0.15, 0.2) is 36.4 Å². The number of benzene rings is 2. The van der Waals surface area contributed by atoms with E-state index in [1.54, 1.807) is 0 Å². The molecular weight excluding hydrogens is 449 g/mol. The average Bonchev–Trinajstić information content (AvgIpc) is 3.09. The lowest BCUT2D eigenvalue weighted by atomic mass is 10.1. The Bertz CT molecular complexity index is 1080. The highest BCUT2D eigenvalue weighted by Gasteiger charge is 2.38. The molecule has 0 amide bonds. The van der Waals surface area contributed by atoms with Crippen LogP contribution in [0, 0.1) is 11.6 Å². The fraction of sp³-hybridized carbons (Fsp3) is 0.200. The Kier molecular flexibility index (Phi) is 6.42. The van der Waals surface area contributed by atoms with Crippen LogP contribution in [0.5, 0.6) is 5.75 Å². The van der Waals surface area contributed by atoms with Crippen LogP contribution in [-0.4, -0.2) is 10.2 Å². The quantitative estimate of drug-likeness (QED) is 0.395. The van der Waals surface area contributed by atoms with E-state index in [0.717, 1.165) is 12.1 Å². The van der Waals surface area contributed by atoms with E-state index in [9.17, 15) is 26.7 Å². The number of carbonyl (C=O) groups is 1. The third kappa shape index (κ3) is 4.79. The first-order valence-corrected chi connectivity index (χ1v) is 9.64. The Balaban J connectivity index is 1.94. The van der Waals surface area contributed by atoms with Crippen LogP contribution >= 0.6 is 23.1 Å². The summed E-state index contributed by atoms with van der Waals surface area (Å²) in [5, 5.41) is 0.394. The van der Waals surface area contributed by atoms with E-state index < -0.39 is 35.0 Å². The highest BCUT2D eigenvalue weighted by Crippen LogP contribution is 2.40. The maximum Gasteiger partial charge on any atom is 0.427 e. The molecular formula is C20H13ClF5NO2S. The van der Waals surface area contributed by atoms with E-state index in [4.69, 9.17) is 16.3 Å². The van der Waals surface area contributed by atoms with Gasteiger partial charge in [0.15, 0.2) is 11.6 Å². The van der Waals surface area contributed by atoms with Crippen molar-refractivity contribution in [2.75, 3.05) is 0 Å². The summed E-state index contributed by atoms with van der Waals surface area (Å²) in [5.74, 6) is -3.59. The van der Waals surface area contributed by atoms with Crippen molar-refractivity contribution in [3.8, 4) is 17.0 Å². The van der Waals surface area contributed by atoms with Crippen molar-refractivity contribution in [2.24, 2.45) is 0 Å². The molecule has 0 radical (unpaired) electrons. The number of ketones is 1. The van der Waals surface area contributed by atoms with Crippen LogP contribution in [-0.2, 0) is 24.0 Å². The van der Waals surface area contributed by atoms with Gasteiger partial charge in [-0.2, -0.15) is 21.9 Å². The maximum absolute atomic E-state index is 14.3. The second kappa shape index (κ2) is 8.69. The molecule has 0 aliphatic rings. The highest BCUT2D eigenvalue weighted by molar-refractivity contribution is 7.06. The van der Waals surface area contributed by atoms with Gasteiger partial charge in [-0.3, -0.25) is 4.79 Å². The van der Waals surface area contributed by atoms with Crippen LogP contribution in [0.1, 0.15) is 22.9 Å². The van der Waals surface area contributed by atoms with E-state index in [1.807, 2.05) is 0 Å². The van der Waals surface area contributed by atoms with Gasteiger partial charge in [0.1, 0.15) is 17.3 Å². The predicted octanol–water partition coefficient (Wildman–Crippen LogP) is 6.47. The largest absolute Gasteiger partial charge is 0.486 e. The van der Waals surface area contributed by atoms with Gasteiger partial charge in [-0.1, -0.05) is 29.8 Å². The third-order valence-corrected chi connectivity index (χ3v) is 5.29. The zero-order valence-corrected chi connectivity index (χ0v) is 16.9. The molecule has 1 heterocycles. The maximum atomic E-state index is 14.3. The molecule has 0 bridgehead atoms. The topological polar surface area (TPSA) is 39.2 Å². The minimum atomic E-state index is -4.70. The van der Waals surface area contributed by atoms with E-state index in [-0.39, 0.29) is 40.6 Å². The zero-order chi connectivity index (χ0) is 22.1. The van der Waals surface area contributed by atoms with Crippen LogP contribution in [0.2, 0.25) is 5.02 Å². The van der Waals surface area contributed by atoms with Crippen LogP contribution in [0.4, 0.5) is 22.0 Å². The zero-order valence-electron chi connectivity index (χ0n) is 15.3. The Labute approximate surface area is 177 Å². The van der Waals surface area contributed by atoms with Gasteiger partial charge >= 0.3 is 6.18 Å². The Hall–Kier alpha value is -2.52. The number of rotatable bonds is 6. The molecule has 1 aromatic heterocycles. The van der Waals surface area contributed by atoms with Crippen molar-refractivity contribution in [2.45, 2.75) is 26.1 Å². The number of ether oxygens (including phenoxy) is 1. The SMILES string of the molecule is CC(=O)Cc1ccc(OCc2c(-c3ccc(Cl)cc3)nsc2C(F)(F)F)c(F)c1F. The number of alkyl halides is 3. The summed E-state index contributed by atoms with van der Waals surface area (Å²) in [6, 6.07) is 8.22. The smallest absolute Gasteiger partial charge is 0.427 e. The fourth-order valence-corrected chi connectivity index (χ4v) is 3.63. The molecule has 30 heavy (non-hydrogen) atoms. The molecule has 0 saturated carbocycles. The van der Waals surface area contributed by atoms with Crippen LogP contribution < -0.4 is 4.74 Å². The molecule has 3 rings (SSSR count). The summed E-state index contributed by atoms with van der Waals surface area (Å²) in [7, 11) is 0. The van der Waals surface area contributed by atoms with E-state index in [2.05, 4.69) is 4.37 Å². The number of halogens is 6. The van der Waals surface area contributed by atoms with Gasteiger partial charge in [0.2, 0.25) is 5.82 Å². The number of carbonyl (C=O) groups excluding carboxylic acids is 1. The molecule has 2 aromatic carbocycles. The lowest BCUT2D eigenvalue weighted by molar-refractivity contribution is -0.135. The summed E-state index contributed by atoms with van der Waals surface area (Å²) in [5.41, 5.74) is -0.0869. The first kappa shape index (κ1) is 22.2. The minimum Gasteiger partial charge on any atom is -0.486 e. The highest BCUT2D eigenvalue weighted by atomic mass is 35.5. The van der Waals surface area contributed by atoms with Gasteiger partial charge in [0, 0.05) is 22.6 Å². The van der Waals surface area contributed by atoms with E-state index in [1.165, 1.54) is 31.2 Å². The van der Waals surface area contributed by atoms with Gasteiger partial charge in [0.25, 0.3) is 0 Å². The Morgan fingerprint density at radius 3 is 2.37 bits per heavy atom. The summed E-state index contributed by atoms with van der Waals surface area (Å²) < 4.78 is 77.7. The molecule has 3 nitrogen and oxygen atoms in total.